The van der Waals surface area contributed by atoms with Gasteiger partial charge in [-0.2, -0.15) is 0 Å². The van der Waals surface area contributed by atoms with Gasteiger partial charge in [-0.1, -0.05) is 0 Å². The first-order valence-electron chi connectivity index (χ1n) is 6.45. The van der Waals surface area contributed by atoms with E-state index in [-0.39, 0.29) is 22.9 Å². The fourth-order valence-electron chi connectivity index (χ4n) is 1.49. The first-order valence-corrected chi connectivity index (χ1v) is 8.10. The van der Waals surface area contributed by atoms with Gasteiger partial charge in [-0.15, -0.1) is 0 Å². The second-order valence-electron chi connectivity index (χ2n) is 5.50. The van der Waals surface area contributed by atoms with E-state index in [2.05, 4.69) is 5.32 Å². The number of alkyl carbamates (subject to hydrolysis) is 1. The first kappa shape index (κ1) is 17.9. The maximum Gasteiger partial charge on any atom is 0.407 e. The van der Waals surface area contributed by atoms with Gasteiger partial charge in [-0.3, -0.25) is 10.1 Å². The van der Waals surface area contributed by atoms with Crippen LogP contribution in [0.25, 0.3) is 0 Å². The molecule has 1 N–H and O–H groups in total. The van der Waals surface area contributed by atoms with E-state index in [0.29, 0.717) is 0 Å². The lowest BCUT2D eigenvalue weighted by atomic mass is 10.2. The molecule has 0 aliphatic carbocycles. The molecular weight excluding hydrogens is 312 g/mol. The summed E-state index contributed by atoms with van der Waals surface area (Å²) in [5, 5.41) is 12.9. The Morgan fingerprint density at radius 1 is 1.27 bits per heavy atom. The van der Waals surface area contributed by atoms with E-state index in [1.165, 1.54) is 12.1 Å². The highest BCUT2D eigenvalue weighted by Crippen LogP contribution is 2.16. The van der Waals surface area contributed by atoms with Crippen molar-refractivity contribution >= 4 is 21.6 Å². The Hall–Kier alpha value is -2.16. The second-order valence-corrected chi connectivity index (χ2v) is 7.61. The minimum absolute atomic E-state index is 0.0379. The number of nitro benzene ring substituents is 1. The molecule has 0 fully saturated rings. The number of rotatable bonds is 5. The zero-order valence-corrected chi connectivity index (χ0v) is 13.3. The lowest BCUT2D eigenvalue weighted by Crippen LogP contribution is -2.35. The van der Waals surface area contributed by atoms with Crippen LogP contribution in [-0.2, 0) is 14.6 Å². The number of amides is 1. The fraction of sp³-hybridized carbons (Fsp3) is 0.462. The van der Waals surface area contributed by atoms with E-state index in [1.54, 1.807) is 20.8 Å². The van der Waals surface area contributed by atoms with Crippen LogP contribution >= 0.6 is 0 Å². The minimum atomic E-state index is -3.63. The summed E-state index contributed by atoms with van der Waals surface area (Å²) in [4.78, 5) is 21.3. The van der Waals surface area contributed by atoms with E-state index < -0.39 is 26.5 Å². The van der Waals surface area contributed by atoms with Crippen molar-refractivity contribution in [3.63, 3.8) is 0 Å². The molecule has 122 valence electrons. The molecule has 0 bridgehead atoms. The van der Waals surface area contributed by atoms with Gasteiger partial charge in [0.2, 0.25) is 0 Å². The molecule has 0 saturated heterocycles. The van der Waals surface area contributed by atoms with Gasteiger partial charge < -0.3 is 10.1 Å². The lowest BCUT2D eigenvalue weighted by Gasteiger charge is -2.19. The Morgan fingerprint density at radius 3 is 2.27 bits per heavy atom. The molecule has 0 heterocycles. The Kier molecular flexibility index (Phi) is 5.48. The summed E-state index contributed by atoms with van der Waals surface area (Å²) in [5.41, 5.74) is -0.854. The quantitative estimate of drug-likeness (QED) is 0.651. The van der Waals surface area contributed by atoms with Crippen LogP contribution in [0.2, 0.25) is 0 Å². The first-order chi connectivity index (χ1) is 10.0. The Bertz CT molecular complexity index is 646. The van der Waals surface area contributed by atoms with Crippen LogP contribution in [0.5, 0.6) is 0 Å². The molecule has 1 rings (SSSR count). The summed E-state index contributed by atoms with van der Waals surface area (Å²) < 4.78 is 29.0. The fourth-order valence-corrected chi connectivity index (χ4v) is 2.65. The summed E-state index contributed by atoms with van der Waals surface area (Å²) in [6.07, 6.45) is -0.702. The number of ether oxygens (including phenoxy) is 1. The average Bonchev–Trinajstić information content (AvgIpc) is 2.36. The van der Waals surface area contributed by atoms with Gasteiger partial charge in [0.1, 0.15) is 5.60 Å². The van der Waals surface area contributed by atoms with Crippen molar-refractivity contribution in [3.8, 4) is 0 Å². The largest absolute Gasteiger partial charge is 0.444 e. The molecule has 1 aromatic rings. The Morgan fingerprint density at radius 2 is 1.82 bits per heavy atom. The predicted octanol–water partition coefficient (Wildman–Crippen LogP) is 1.89. The maximum atomic E-state index is 12.0. The molecule has 0 aromatic heterocycles. The number of hydrogen-bond donors (Lipinski definition) is 1. The number of nitrogens with one attached hydrogen (secondary N) is 1. The normalized spacial score (nSPS) is 11.8. The molecular formula is C13H18N2O6S. The van der Waals surface area contributed by atoms with Crippen molar-refractivity contribution in [3.05, 3.63) is 34.4 Å². The number of carbonyl (C=O) groups is 1. The number of nitrogens with zero attached hydrogens (tertiary/aromatic N) is 1. The van der Waals surface area contributed by atoms with Gasteiger partial charge in [-0.25, -0.2) is 13.2 Å². The van der Waals surface area contributed by atoms with E-state index in [9.17, 15) is 23.3 Å². The maximum absolute atomic E-state index is 12.0. The lowest BCUT2D eigenvalue weighted by molar-refractivity contribution is -0.384. The van der Waals surface area contributed by atoms with Crippen molar-refractivity contribution in [2.24, 2.45) is 0 Å². The van der Waals surface area contributed by atoms with Crippen LogP contribution in [0.15, 0.2) is 29.2 Å². The van der Waals surface area contributed by atoms with Gasteiger partial charge in [0.25, 0.3) is 5.69 Å². The number of non-ortho nitro benzene ring substituents is 1. The van der Waals surface area contributed by atoms with Gasteiger partial charge in [0.15, 0.2) is 9.84 Å². The molecule has 0 radical (unpaired) electrons. The zero-order chi connectivity index (χ0) is 17.0. The molecule has 0 unspecified atom stereocenters. The smallest absolute Gasteiger partial charge is 0.407 e. The molecule has 9 heteroatoms. The van der Waals surface area contributed by atoms with Crippen molar-refractivity contribution in [2.45, 2.75) is 31.3 Å². The van der Waals surface area contributed by atoms with Crippen LogP contribution in [-0.4, -0.2) is 37.3 Å². The van der Waals surface area contributed by atoms with E-state index in [0.717, 1.165) is 12.1 Å². The molecule has 0 aliphatic rings. The molecule has 0 aliphatic heterocycles. The van der Waals surface area contributed by atoms with Crippen LogP contribution < -0.4 is 5.32 Å². The van der Waals surface area contributed by atoms with Crippen LogP contribution in [0.3, 0.4) is 0 Å². The molecule has 0 saturated carbocycles. The molecule has 22 heavy (non-hydrogen) atoms. The standard InChI is InChI=1S/C13H18N2O6S/c1-13(2,3)21-12(16)14-8-9-22(19,20)11-6-4-10(5-7-11)15(17)18/h4-7H,8-9H2,1-3H3,(H,14,16). The summed E-state index contributed by atoms with van der Waals surface area (Å²) in [5.74, 6) is -0.329. The van der Waals surface area contributed by atoms with Crippen molar-refractivity contribution in [1.29, 1.82) is 0 Å². The van der Waals surface area contributed by atoms with E-state index in [1.807, 2.05) is 0 Å². The number of nitro groups is 1. The second kappa shape index (κ2) is 6.73. The number of carbonyl (C=O) groups excluding carboxylic acids is 1. The van der Waals surface area contributed by atoms with Crippen LogP contribution in [0.4, 0.5) is 10.5 Å². The summed E-state index contributed by atoms with van der Waals surface area (Å²) in [6.45, 7) is 4.97. The monoisotopic (exact) mass is 330 g/mol. The summed E-state index contributed by atoms with van der Waals surface area (Å²) in [7, 11) is -3.63. The van der Waals surface area contributed by atoms with E-state index in [4.69, 9.17) is 4.74 Å². The van der Waals surface area contributed by atoms with Crippen LogP contribution in [0.1, 0.15) is 20.8 Å². The highest BCUT2D eigenvalue weighted by atomic mass is 32.2. The molecule has 0 spiro atoms. The average molecular weight is 330 g/mol. The molecule has 1 amide bonds. The van der Waals surface area contributed by atoms with Gasteiger partial charge in [0, 0.05) is 18.7 Å². The predicted molar refractivity (Wildman–Crippen MR) is 79.4 cm³/mol. The van der Waals surface area contributed by atoms with Gasteiger partial charge >= 0.3 is 6.09 Å². The molecule has 1 aromatic carbocycles. The number of benzene rings is 1. The van der Waals surface area contributed by atoms with Crippen molar-refractivity contribution in [2.75, 3.05) is 12.3 Å². The highest BCUT2D eigenvalue weighted by Gasteiger charge is 2.19. The Balaban J connectivity index is 2.61. The third-order valence-corrected chi connectivity index (χ3v) is 4.18. The third-order valence-electron chi connectivity index (χ3n) is 2.45. The molecule has 0 atom stereocenters. The van der Waals surface area contributed by atoms with Crippen molar-refractivity contribution < 1.29 is 22.9 Å². The number of sulfone groups is 1. The summed E-state index contributed by atoms with van der Waals surface area (Å²) in [6, 6.07) is 4.57. The number of hydrogen-bond acceptors (Lipinski definition) is 6. The Labute approximate surface area is 128 Å². The highest BCUT2D eigenvalue weighted by molar-refractivity contribution is 7.91. The van der Waals surface area contributed by atoms with Gasteiger partial charge in [-0.05, 0) is 32.9 Å². The van der Waals surface area contributed by atoms with E-state index >= 15 is 0 Å². The van der Waals surface area contributed by atoms with Crippen molar-refractivity contribution in [1.82, 2.24) is 5.32 Å². The summed E-state index contributed by atoms with van der Waals surface area (Å²) >= 11 is 0. The SMILES string of the molecule is CC(C)(C)OC(=O)NCCS(=O)(=O)c1ccc([N+](=O)[O-])cc1. The molecule has 8 nitrogen and oxygen atoms in total. The van der Waals surface area contributed by atoms with Gasteiger partial charge in [0.05, 0.1) is 15.6 Å². The zero-order valence-electron chi connectivity index (χ0n) is 12.5. The minimum Gasteiger partial charge on any atom is -0.444 e. The third kappa shape index (κ3) is 5.68. The topological polar surface area (TPSA) is 116 Å². The van der Waals surface area contributed by atoms with Crippen LogP contribution in [0, 0.1) is 10.1 Å².